The van der Waals surface area contributed by atoms with Crippen molar-refractivity contribution >= 4 is 5.91 Å². The summed E-state index contributed by atoms with van der Waals surface area (Å²) >= 11 is 0. The fraction of sp³-hybridized carbons (Fsp3) is 0.375. The van der Waals surface area contributed by atoms with E-state index in [2.05, 4.69) is 36.3 Å². The van der Waals surface area contributed by atoms with Crippen LogP contribution in [0.2, 0.25) is 0 Å². The lowest BCUT2D eigenvalue weighted by atomic mass is 9.75. The minimum absolute atomic E-state index is 0.00912. The number of hydrogen-bond donors (Lipinski definition) is 0. The number of amides is 1. The summed E-state index contributed by atoms with van der Waals surface area (Å²) in [5.41, 5.74) is 1.30. The highest BCUT2D eigenvalue weighted by atomic mass is 16.5. The molecule has 20 heavy (non-hydrogen) atoms. The fourth-order valence-corrected chi connectivity index (χ4v) is 2.86. The van der Waals surface area contributed by atoms with Crippen molar-refractivity contribution in [1.29, 1.82) is 0 Å². The van der Waals surface area contributed by atoms with Crippen LogP contribution < -0.4 is 0 Å². The van der Waals surface area contributed by atoms with Gasteiger partial charge in [-0.25, -0.2) is 0 Å². The van der Waals surface area contributed by atoms with Gasteiger partial charge in [0.05, 0.1) is 12.7 Å². The molecule has 0 N–H and O–H groups in total. The van der Waals surface area contributed by atoms with Crippen LogP contribution in [0.4, 0.5) is 0 Å². The Morgan fingerprint density at radius 3 is 2.80 bits per heavy atom. The molecule has 1 aliphatic heterocycles. The van der Waals surface area contributed by atoms with Crippen LogP contribution in [0.5, 0.6) is 0 Å². The third-order valence-electron chi connectivity index (χ3n) is 4.09. The van der Waals surface area contributed by atoms with Gasteiger partial charge in [-0.2, -0.15) is 0 Å². The third kappa shape index (κ3) is 2.46. The van der Waals surface area contributed by atoms with Crippen molar-refractivity contribution in [1.82, 2.24) is 10.1 Å². The Hall–Kier alpha value is -2.10. The monoisotopic (exact) mass is 270 g/mol. The van der Waals surface area contributed by atoms with Gasteiger partial charge in [0.25, 0.3) is 0 Å². The first-order valence-corrected chi connectivity index (χ1v) is 6.90. The molecule has 1 fully saturated rings. The van der Waals surface area contributed by atoms with Gasteiger partial charge in [0, 0.05) is 24.4 Å². The summed E-state index contributed by atoms with van der Waals surface area (Å²) in [5.74, 6) is 0.922. The van der Waals surface area contributed by atoms with Crippen LogP contribution in [0.25, 0.3) is 0 Å². The maximum Gasteiger partial charge on any atom is 0.223 e. The largest absolute Gasteiger partial charge is 0.360 e. The third-order valence-corrected chi connectivity index (χ3v) is 4.09. The van der Waals surface area contributed by atoms with Gasteiger partial charge in [-0.05, 0) is 12.0 Å². The van der Waals surface area contributed by atoms with E-state index in [9.17, 15) is 4.79 Å². The van der Waals surface area contributed by atoms with Gasteiger partial charge in [0.15, 0.2) is 5.76 Å². The lowest BCUT2D eigenvalue weighted by Crippen LogP contribution is -2.46. The summed E-state index contributed by atoms with van der Waals surface area (Å²) in [5, 5.41) is 3.69. The molecule has 3 rings (SSSR count). The van der Waals surface area contributed by atoms with Crippen LogP contribution in [0.3, 0.4) is 0 Å². The van der Waals surface area contributed by atoms with E-state index in [-0.39, 0.29) is 11.3 Å². The Bertz CT molecular complexity index is 580. The normalized spacial score (nSPS) is 23.1. The molecule has 2 heterocycles. The lowest BCUT2D eigenvalue weighted by molar-refractivity contribution is -0.136. The van der Waals surface area contributed by atoms with E-state index in [1.54, 1.807) is 6.20 Å². The molecule has 2 aromatic rings. The van der Waals surface area contributed by atoms with E-state index >= 15 is 0 Å². The standard InChI is InChI=1S/C16H18N2O2/c1-16(13-5-3-2-4-6-13)9-7-15(19)18(12-16)11-14-8-10-17-20-14/h2-6,8,10H,7,9,11-12H2,1H3/t16-/m0/s1. The molecule has 0 saturated carbocycles. The first-order valence-electron chi connectivity index (χ1n) is 6.90. The molecule has 1 saturated heterocycles. The lowest BCUT2D eigenvalue weighted by Gasteiger charge is -2.40. The second-order valence-electron chi connectivity index (χ2n) is 5.66. The highest BCUT2D eigenvalue weighted by molar-refractivity contribution is 5.77. The molecule has 1 atom stereocenters. The molecule has 104 valence electrons. The van der Waals surface area contributed by atoms with Gasteiger partial charge in [-0.1, -0.05) is 42.4 Å². The van der Waals surface area contributed by atoms with E-state index in [1.807, 2.05) is 17.0 Å². The summed E-state index contributed by atoms with van der Waals surface area (Å²) in [6, 6.07) is 12.2. The van der Waals surface area contributed by atoms with Crippen molar-refractivity contribution in [2.45, 2.75) is 31.7 Å². The van der Waals surface area contributed by atoms with E-state index in [0.717, 1.165) is 18.7 Å². The number of carbonyl (C=O) groups excluding carboxylic acids is 1. The molecule has 0 radical (unpaired) electrons. The zero-order valence-electron chi connectivity index (χ0n) is 11.6. The van der Waals surface area contributed by atoms with Crippen molar-refractivity contribution in [3.8, 4) is 0 Å². The summed E-state index contributed by atoms with van der Waals surface area (Å²) in [6.07, 6.45) is 3.09. The molecule has 4 nitrogen and oxygen atoms in total. The maximum atomic E-state index is 12.1. The van der Waals surface area contributed by atoms with Gasteiger partial charge in [-0.15, -0.1) is 0 Å². The first-order chi connectivity index (χ1) is 9.67. The quantitative estimate of drug-likeness (QED) is 0.861. The molecule has 1 amide bonds. The molecule has 0 bridgehead atoms. The summed E-state index contributed by atoms with van der Waals surface area (Å²) in [7, 11) is 0. The fourth-order valence-electron chi connectivity index (χ4n) is 2.86. The number of likely N-dealkylation sites (tertiary alicyclic amines) is 1. The number of aromatic nitrogens is 1. The van der Waals surface area contributed by atoms with Crippen LogP contribution in [0.1, 0.15) is 31.1 Å². The highest BCUT2D eigenvalue weighted by Crippen LogP contribution is 2.34. The molecule has 4 heteroatoms. The number of benzene rings is 1. The van der Waals surface area contributed by atoms with Crippen molar-refractivity contribution in [2.75, 3.05) is 6.54 Å². The predicted molar refractivity (Wildman–Crippen MR) is 74.9 cm³/mol. The van der Waals surface area contributed by atoms with Crippen molar-refractivity contribution in [3.63, 3.8) is 0 Å². The van der Waals surface area contributed by atoms with Crippen LogP contribution in [0.15, 0.2) is 47.1 Å². The van der Waals surface area contributed by atoms with Gasteiger partial charge >= 0.3 is 0 Å². The van der Waals surface area contributed by atoms with Gasteiger partial charge in [0.1, 0.15) is 0 Å². The maximum absolute atomic E-state index is 12.1. The Kier molecular flexibility index (Phi) is 3.30. The Morgan fingerprint density at radius 2 is 2.10 bits per heavy atom. The molecule has 0 aliphatic carbocycles. The minimum Gasteiger partial charge on any atom is -0.360 e. The average Bonchev–Trinajstić information content (AvgIpc) is 2.97. The number of carbonyl (C=O) groups is 1. The van der Waals surface area contributed by atoms with Gasteiger partial charge < -0.3 is 9.42 Å². The Labute approximate surface area is 118 Å². The topological polar surface area (TPSA) is 46.3 Å². The summed E-state index contributed by atoms with van der Waals surface area (Å²) in [6.45, 7) is 3.44. The van der Waals surface area contributed by atoms with Gasteiger partial charge in [-0.3, -0.25) is 4.79 Å². The van der Waals surface area contributed by atoms with Crippen LogP contribution in [-0.4, -0.2) is 22.5 Å². The zero-order chi connectivity index (χ0) is 14.0. The average molecular weight is 270 g/mol. The SMILES string of the molecule is C[C@]1(c2ccccc2)CCC(=O)N(Cc2ccno2)C1. The highest BCUT2D eigenvalue weighted by Gasteiger charge is 2.36. The van der Waals surface area contributed by atoms with Crippen molar-refractivity contribution in [3.05, 3.63) is 53.9 Å². The predicted octanol–water partition coefficient (Wildman–Crippen LogP) is 2.75. The first kappa shape index (κ1) is 12.9. The second-order valence-corrected chi connectivity index (χ2v) is 5.66. The smallest absolute Gasteiger partial charge is 0.223 e. The number of hydrogen-bond acceptors (Lipinski definition) is 3. The molecule has 1 aromatic heterocycles. The van der Waals surface area contributed by atoms with Crippen LogP contribution in [0, 0.1) is 0 Å². The van der Waals surface area contributed by atoms with Crippen LogP contribution >= 0.6 is 0 Å². The molecule has 1 aromatic carbocycles. The second kappa shape index (κ2) is 5.12. The number of nitrogens with zero attached hydrogens (tertiary/aromatic N) is 2. The summed E-state index contributed by atoms with van der Waals surface area (Å²) < 4.78 is 5.11. The van der Waals surface area contributed by atoms with Crippen LogP contribution in [-0.2, 0) is 16.8 Å². The molecule has 0 spiro atoms. The minimum atomic E-state index is 0.00912. The van der Waals surface area contributed by atoms with E-state index in [0.29, 0.717) is 13.0 Å². The molecule has 0 unspecified atom stereocenters. The van der Waals surface area contributed by atoms with Gasteiger partial charge in [0.2, 0.25) is 5.91 Å². The summed E-state index contributed by atoms with van der Waals surface area (Å²) in [4.78, 5) is 14.0. The Morgan fingerprint density at radius 1 is 1.30 bits per heavy atom. The molecule has 1 aliphatic rings. The number of rotatable bonds is 3. The molecular formula is C16H18N2O2. The van der Waals surface area contributed by atoms with E-state index in [4.69, 9.17) is 4.52 Å². The van der Waals surface area contributed by atoms with Crippen molar-refractivity contribution in [2.24, 2.45) is 0 Å². The zero-order valence-corrected chi connectivity index (χ0v) is 11.6. The van der Waals surface area contributed by atoms with E-state index < -0.39 is 0 Å². The van der Waals surface area contributed by atoms with E-state index in [1.165, 1.54) is 5.56 Å². The van der Waals surface area contributed by atoms with Crippen molar-refractivity contribution < 1.29 is 9.32 Å². The molecular weight excluding hydrogens is 252 g/mol. The number of piperidine rings is 1. The Balaban J connectivity index is 1.80.